The van der Waals surface area contributed by atoms with Crippen LogP contribution >= 0.6 is 15.9 Å². The molecule has 0 saturated heterocycles. The molecular weight excluding hydrogens is 322 g/mol. The first-order valence-corrected chi connectivity index (χ1v) is 7.80. The second-order valence-corrected chi connectivity index (χ2v) is 5.93. The second-order valence-electron chi connectivity index (χ2n) is 5.08. The summed E-state index contributed by atoms with van der Waals surface area (Å²) in [5.74, 6) is 0.435. The molecule has 0 atom stereocenters. The molecule has 1 fully saturated rings. The van der Waals surface area contributed by atoms with E-state index in [1.165, 1.54) is 19.3 Å². The number of aliphatic hydroxyl groups excluding tert-OH is 1. The maximum Gasteiger partial charge on any atom is 0.258 e. The number of benzene rings is 1. The van der Waals surface area contributed by atoms with Crippen molar-refractivity contribution in [3.8, 4) is 5.75 Å². The zero-order chi connectivity index (χ0) is 14.4. The molecule has 0 bridgehead atoms. The summed E-state index contributed by atoms with van der Waals surface area (Å²) in [5.41, 5.74) is 0.671. The van der Waals surface area contributed by atoms with Crippen LogP contribution in [-0.2, 0) is 11.4 Å². The number of rotatable bonds is 5. The molecule has 110 valence electrons. The van der Waals surface area contributed by atoms with Gasteiger partial charge in [0.2, 0.25) is 0 Å². The third-order valence-electron chi connectivity index (χ3n) is 3.54. The van der Waals surface area contributed by atoms with Crippen LogP contribution in [0.1, 0.15) is 37.7 Å². The van der Waals surface area contributed by atoms with Crippen LogP contribution in [0.5, 0.6) is 5.75 Å². The third kappa shape index (κ3) is 4.21. The van der Waals surface area contributed by atoms with E-state index in [4.69, 9.17) is 4.74 Å². The van der Waals surface area contributed by atoms with Gasteiger partial charge in [-0.15, -0.1) is 0 Å². The van der Waals surface area contributed by atoms with Crippen molar-refractivity contribution in [2.24, 2.45) is 0 Å². The topological polar surface area (TPSA) is 58.6 Å². The van der Waals surface area contributed by atoms with Gasteiger partial charge in [-0.05, 0) is 34.8 Å². The number of hydrogen-bond acceptors (Lipinski definition) is 3. The van der Waals surface area contributed by atoms with Gasteiger partial charge in [-0.2, -0.15) is 0 Å². The van der Waals surface area contributed by atoms with E-state index in [0.717, 1.165) is 17.3 Å². The minimum absolute atomic E-state index is 0.0217. The lowest BCUT2D eigenvalue weighted by atomic mass is 9.95. The number of aliphatic hydroxyl groups is 1. The molecule has 2 rings (SSSR count). The number of hydrogen-bond donors (Lipinski definition) is 2. The Kier molecular flexibility index (Phi) is 5.86. The fraction of sp³-hybridized carbons (Fsp3) is 0.533. The van der Waals surface area contributed by atoms with E-state index in [1.807, 2.05) is 12.1 Å². The third-order valence-corrected chi connectivity index (χ3v) is 4.16. The lowest BCUT2D eigenvalue weighted by Gasteiger charge is -2.23. The molecule has 1 amide bonds. The Morgan fingerprint density at radius 2 is 2.10 bits per heavy atom. The van der Waals surface area contributed by atoms with Gasteiger partial charge in [0.05, 0.1) is 11.1 Å². The Morgan fingerprint density at radius 3 is 2.80 bits per heavy atom. The summed E-state index contributed by atoms with van der Waals surface area (Å²) in [5, 5.41) is 12.3. The lowest BCUT2D eigenvalue weighted by Crippen LogP contribution is -2.39. The molecule has 2 N–H and O–H groups in total. The molecule has 0 heterocycles. The van der Waals surface area contributed by atoms with E-state index in [0.29, 0.717) is 11.3 Å². The summed E-state index contributed by atoms with van der Waals surface area (Å²) >= 11 is 3.37. The monoisotopic (exact) mass is 341 g/mol. The van der Waals surface area contributed by atoms with Gasteiger partial charge in [-0.1, -0.05) is 31.4 Å². The Bertz CT molecular complexity index is 458. The lowest BCUT2D eigenvalue weighted by molar-refractivity contribution is -0.124. The molecular formula is C15H20BrNO3. The average molecular weight is 342 g/mol. The first-order valence-electron chi connectivity index (χ1n) is 7.01. The van der Waals surface area contributed by atoms with Crippen LogP contribution in [0.3, 0.4) is 0 Å². The molecule has 0 aromatic heterocycles. The van der Waals surface area contributed by atoms with Gasteiger partial charge in [0.1, 0.15) is 5.75 Å². The van der Waals surface area contributed by atoms with Crippen molar-refractivity contribution >= 4 is 21.8 Å². The van der Waals surface area contributed by atoms with Crippen LogP contribution in [0.2, 0.25) is 0 Å². The average Bonchev–Trinajstić information content (AvgIpc) is 2.46. The molecule has 1 aliphatic rings. The molecule has 20 heavy (non-hydrogen) atoms. The zero-order valence-corrected chi connectivity index (χ0v) is 13.0. The van der Waals surface area contributed by atoms with Gasteiger partial charge >= 0.3 is 0 Å². The normalized spacial score (nSPS) is 15.9. The summed E-state index contributed by atoms with van der Waals surface area (Å²) < 4.78 is 6.29. The molecule has 0 radical (unpaired) electrons. The van der Waals surface area contributed by atoms with E-state index in [2.05, 4.69) is 21.2 Å². The number of para-hydroxylation sites is 1. The van der Waals surface area contributed by atoms with Crippen molar-refractivity contribution in [1.82, 2.24) is 5.32 Å². The van der Waals surface area contributed by atoms with Gasteiger partial charge in [0.15, 0.2) is 6.61 Å². The Labute approximate surface area is 127 Å². The highest BCUT2D eigenvalue weighted by molar-refractivity contribution is 9.10. The summed E-state index contributed by atoms with van der Waals surface area (Å²) in [6, 6.07) is 5.72. The highest BCUT2D eigenvalue weighted by Crippen LogP contribution is 2.29. The van der Waals surface area contributed by atoms with Crippen molar-refractivity contribution in [2.75, 3.05) is 6.61 Å². The molecule has 0 spiro atoms. The summed E-state index contributed by atoms with van der Waals surface area (Å²) in [7, 11) is 0. The largest absolute Gasteiger partial charge is 0.482 e. The Hall–Kier alpha value is -1.07. The maximum absolute atomic E-state index is 11.9. The van der Waals surface area contributed by atoms with Crippen LogP contribution in [0.25, 0.3) is 0 Å². The van der Waals surface area contributed by atoms with E-state index < -0.39 is 0 Å². The smallest absolute Gasteiger partial charge is 0.258 e. The second kappa shape index (κ2) is 7.64. The van der Waals surface area contributed by atoms with Crippen LogP contribution < -0.4 is 10.1 Å². The molecule has 1 aliphatic carbocycles. The molecule has 1 aromatic rings. The highest BCUT2D eigenvalue weighted by Gasteiger charge is 2.16. The van der Waals surface area contributed by atoms with Gasteiger partial charge in [0, 0.05) is 11.6 Å². The fourth-order valence-electron chi connectivity index (χ4n) is 2.49. The number of carbonyl (C=O) groups excluding carboxylic acids is 1. The SMILES string of the molecule is O=C(COc1c(Br)cccc1CO)NC1CCCCC1. The molecule has 5 heteroatoms. The van der Waals surface area contributed by atoms with Gasteiger partial charge < -0.3 is 15.2 Å². The number of carbonyl (C=O) groups is 1. The van der Waals surface area contributed by atoms with Gasteiger partial charge in [-0.3, -0.25) is 4.79 Å². The summed E-state index contributed by atoms with van der Waals surface area (Å²) in [4.78, 5) is 11.9. The van der Waals surface area contributed by atoms with Gasteiger partial charge in [-0.25, -0.2) is 0 Å². The van der Waals surface area contributed by atoms with Crippen molar-refractivity contribution in [2.45, 2.75) is 44.8 Å². The molecule has 1 aromatic carbocycles. The first-order chi connectivity index (χ1) is 9.70. The molecule has 4 nitrogen and oxygen atoms in total. The van der Waals surface area contributed by atoms with Gasteiger partial charge in [0.25, 0.3) is 5.91 Å². The minimum atomic E-state index is -0.112. The number of amides is 1. The number of nitrogens with one attached hydrogen (secondary N) is 1. The predicted molar refractivity (Wildman–Crippen MR) is 80.6 cm³/mol. The van der Waals surface area contributed by atoms with Crippen molar-refractivity contribution < 1.29 is 14.6 Å². The summed E-state index contributed by atoms with van der Waals surface area (Å²) in [6.45, 7) is -0.134. The van der Waals surface area contributed by atoms with Crippen LogP contribution in [-0.4, -0.2) is 23.7 Å². The van der Waals surface area contributed by atoms with Crippen molar-refractivity contribution in [3.63, 3.8) is 0 Å². The Morgan fingerprint density at radius 1 is 1.35 bits per heavy atom. The standard InChI is InChI=1S/C15H20BrNO3/c16-13-8-4-5-11(9-18)15(13)20-10-14(19)17-12-6-2-1-3-7-12/h4-5,8,12,18H,1-3,6-7,9-10H2,(H,17,19). The van der Waals surface area contributed by atoms with Crippen LogP contribution in [0.15, 0.2) is 22.7 Å². The summed E-state index contributed by atoms with van der Waals surface area (Å²) in [6.07, 6.45) is 5.75. The van der Waals surface area contributed by atoms with Crippen molar-refractivity contribution in [3.05, 3.63) is 28.2 Å². The van der Waals surface area contributed by atoms with Crippen LogP contribution in [0, 0.1) is 0 Å². The first kappa shape index (κ1) is 15.3. The molecule has 0 unspecified atom stereocenters. The Balaban J connectivity index is 1.86. The number of halogens is 1. The molecule has 0 aliphatic heterocycles. The number of ether oxygens (including phenoxy) is 1. The maximum atomic E-state index is 11.9. The van der Waals surface area contributed by atoms with Crippen LogP contribution in [0.4, 0.5) is 0 Å². The van der Waals surface area contributed by atoms with E-state index >= 15 is 0 Å². The fourth-order valence-corrected chi connectivity index (χ4v) is 3.02. The minimum Gasteiger partial charge on any atom is -0.482 e. The zero-order valence-electron chi connectivity index (χ0n) is 11.4. The predicted octanol–water partition coefficient (Wildman–Crippen LogP) is 2.77. The molecule has 1 saturated carbocycles. The highest BCUT2D eigenvalue weighted by atomic mass is 79.9. The quantitative estimate of drug-likeness (QED) is 0.865. The van der Waals surface area contributed by atoms with Crippen molar-refractivity contribution in [1.29, 1.82) is 0 Å². The van der Waals surface area contributed by atoms with E-state index in [-0.39, 0.29) is 25.2 Å². The van der Waals surface area contributed by atoms with E-state index in [1.54, 1.807) is 6.07 Å². The van der Waals surface area contributed by atoms with E-state index in [9.17, 15) is 9.90 Å².